The van der Waals surface area contributed by atoms with Gasteiger partial charge in [-0.05, 0) is 41.5 Å². The van der Waals surface area contributed by atoms with Crippen molar-refractivity contribution in [1.29, 1.82) is 0 Å². The molecule has 1 saturated carbocycles. The largest absolute Gasteiger partial charge is 0.367 e. The van der Waals surface area contributed by atoms with Gasteiger partial charge in [0.2, 0.25) is 5.91 Å². The summed E-state index contributed by atoms with van der Waals surface area (Å²) in [6.07, 6.45) is 10.4. The Balaban J connectivity index is 1.49. The molecule has 1 aromatic carbocycles. The summed E-state index contributed by atoms with van der Waals surface area (Å²) < 4.78 is 5.97. The Morgan fingerprint density at radius 2 is 1.94 bits per heavy atom. The second-order valence-corrected chi connectivity index (χ2v) is 8.85. The summed E-state index contributed by atoms with van der Waals surface area (Å²) in [4.78, 5) is 31.5. The van der Waals surface area contributed by atoms with Crippen LogP contribution in [0.25, 0.3) is 11.1 Å². The van der Waals surface area contributed by atoms with Gasteiger partial charge in [0.05, 0.1) is 13.2 Å². The quantitative estimate of drug-likeness (QED) is 0.775. The molecule has 2 heterocycles. The molecule has 2 aromatic rings. The summed E-state index contributed by atoms with van der Waals surface area (Å²) >= 11 is 0. The van der Waals surface area contributed by atoms with Crippen molar-refractivity contribution in [3.05, 3.63) is 54.4 Å². The Hall–Kier alpha value is -2.73. The Kier molecular flexibility index (Phi) is 6.66. The second kappa shape index (κ2) is 9.60. The molecule has 4 rings (SSSR count). The zero-order valence-electron chi connectivity index (χ0n) is 18.0. The monoisotopic (exact) mass is 421 g/mol. The minimum atomic E-state index is -1.20. The number of hydrogen-bond acceptors (Lipinski definition) is 4. The fourth-order valence-corrected chi connectivity index (χ4v) is 4.83. The van der Waals surface area contributed by atoms with E-state index in [0.29, 0.717) is 31.9 Å². The van der Waals surface area contributed by atoms with Gasteiger partial charge in [0, 0.05) is 31.8 Å². The first-order valence-corrected chi connectivity index (χ1v) is 11.3. The molecule has 6 heteroatoms. The van der Waals surface area contributed by atoms with E-state index in [2.05, 4.69) is 4.98 Å². The van der Waals surface area contributed by atoms with Gasteiger partial charge in [0.15, 0.2) is 5.60 Å². The van der Waals surface area contributed by atoms with E-state index in [9.17, 15) is 9.59 Å². The third-order valence-electron chi connectivity index (χ3n) is 6.59. The zero-order valence-corrected chi connectivity index (χ0v) is 18.0. The fraction of sp³-hybridized carbons (Fsp3) is 0.480. The van der Waals surface area contributed by atoms with Crippen LogP contribution in [0.3, 0.4) is 0 Å². The van der Waals surface area contributed by atoms with Crippen LogP contribution in [0.4, 0.5) is 0 Å². The lowest BCUT2D eigenvalue weighted by Crippen LogP contribution is -2.61. The molecule has 31 heavy (non-hydrogen) atoms. The molecule has 1 aliphatic carbocycles. The highest BCUT2D eigenvalue weighted by molar-refractivity contribution is 5.86. The summed E-state index contributed by atoms with van der Waals surface area (Å²) in [7, 11) is 0. The molecule has 1 atom stereocenters. The van der Waals surface area contributed by atoms with E-state index in [0.717, 1.165) is 29.5 Å². The van der Waals surface area contributed by atoms with Crippen LogP contribution in [-0.4, -0.2) is 47.0 Å². The van der Waals surface area contributed by atoms with Crippen molar-refractivity contribution in [2.45, 2.75) is 50.5 Å². The van der Waals surface area contributed by atoms with Gasteiger partial charge >= 0.3 is 0 Å². The van der Waals surface area contributed by atoms with E-state index in [1.807, 2.05) is 42.6 Å². The Morgan fingerprint density at radius 1 is 1.13 bits per heavy atom. The third-order valence-corrected chi connectivity index (χ3v) is 6.59. The van der Waals surface area contributed by atoms with Gasteiger partial charge in [0.1, 0.15) is 0 Å². The van der Waals surface area contributed by atoms with Crippen molar-refractivity contribution in [3.8, 4) is 11.1 Å². The van der Waals surface area contributed by atoms with Crippen LogP contribution < -0.4 is 5.73 Å². The summed E-state index contributed by atoms with van der Waals surface area (Å²) in [5.41, 5.74) is 7.61. The number of carbonyl (C=O) groups excluding carboxylic acids is 2. The average molecular weight is 422 g/mol. The molecule has 0 radical (unpaired) electrons. The summed E-state index contributed by atoms with van der Waals surface area (Å²) in [5.74, 6) is 0.0580. The molecule has 164 valence electrons. The first-order valence-electron chi connectivity index (χ1n) is 11.3. The molecule has 0 bridgehead atoms. The molecule has 1 saturated heterocycles. The summed E-state index contributed by atoms with van der Waals surface area (Å²) in [5, 5.41) is 0. The van der Waals surface area contributed by atoms with Crippen LogP contribution in [-0.2, 0) is 20.7 Å². The number of amides is 2. The van der Waals surface area contributed by atoms with Crippen molar-refractivity contribution in [2.75, 3.05) is 19.7 Å². The van der Waals surface area contributed by atoms with Gasteiger partial charge in [0.25, 0.3) is 5.91 Å². The lowest BCUT2D eigenvalue weighted by molar-refractivity contribution is -0.164. The topological polar surface area (TPSA) is 85.5 Å². The number of ether oxygens (including phenoxy) is 1. The highest BCUT2D eigenvalue weighted by Crippen LogP contribution is 2.30. The lowest BCUT2D eigenvalue weighted by atomic mass is 9.86. The number of benzene rings is 1. The van der Waals surface area contributed by atoms with Crippen LogP contribution in [0.15, 0.2) is 48.8 Å². The molecule has 1 aliphatic heterocycles. The first kappa shape index (κ1) is 21.5. The van der Waals surface area contributed by atoms with Crippen LogP contribution in [0.2, 0.25) is 0 Å². The maximum atomic E-state index is 13.0. The molecule has 1 aromatic heterocycles. The number of morpholine rings is 1. The lowest BCUT2D eigenvalue weighted by Gasteiger charge is -2.41. The standard InChI is InChI=1S/C25H31N3O3/c26-24(30)25(16-20-8-4-9-21(14-20)22-10-5-11-27-17-22)18-28(12-13-31-25)23(29)15-19-6-2-1-3-7-19/h4-5,8-11,14,17,19H,1-3,6-7,12-13,15-16,18H2,(H2,26,30)/t25-/m1/s1. The number of rotatable bonds is 6. The Bertz CT molecular complexity index is 911. The number of nitrogens with two attached hydrogens (primary N) is 1. The van der Waals surface area contributed by atoms with Gasteiger partial charge in [-0.15, -0.1) is 0 Å². The van der Waals surface area contributed by atoms with E-state index >= 15 is 0 Å². The second-order valence-electron chi connectivity index (χ2n) is 8.85. The van der Waals surface area contributed by atoms with Crippen molar-refractivity contribution in [3.63, 3.8) is 0 Å². The Labute approximate surface area is 183 Å². The van der Waals surface area contributed by atoms with E-state index in [1.165, 1.54) is 19.3 Å². The maximum Gasteiger partial charge on any atom is 0.251 e. The number of primary amides is 1. The van der Waals surface area contributed by atoms with Crippen molar-refractivity contribution >= 4 is 11.8 Å². The van der Waals surface area contributed by atoms with Gasteiger partial charge < -0.3 is 15.4 Å². The van der Waals surface area contributed by atoms with Gasteiger partial charge in [-0.2, -0.15) is 0 Å². The normalized spacial score (nSPS) is 22.3. The summed E-state index contributed by atoms with van der Waals surface area (Å²) in [6.45, 7) is 1.04. The van der Waals surface area contributed by atoms with E-state index in [1.54, 1.807) is 11.1 Å². The molecule has 2 amide bonds. The maximum absolute atomic E-state index is 13.0. The fourth-order valence-electron chi connectivity index (χ4n) is 4.83. The number of hydrogen-bond donors (Lipinski definition) is 1. The number of nitrogens with zero attached hydrogens (tertiary/aromatic N) is 2. The predicted molar refractivity (Wildman–Crippen MR) is 119 cm³/mol. The predicted octanol–water partition coefficient (Wildman–Crippen LogP) is 3.34. The van der Waals surface area contributed by atoms with Crippen molar-refractivity contribution in [1.82, 2.24) is 9.88 Å². The van der Waals surface area contributed by atoms with Gasteiger partial charge in [-0.1, -0.05) is 49.6 Å². The molecular weight excluding hydrogens is 390 g/mol. The Morgan fingerprint density at radius 3 is 2.68 bits per heavy atom. The highest BCUT2D eigenvalue weighted by atomic mass is 16.5. The van der Waals surface area contributed by atoms with Gasteiger partial charge in [-0.3, -0.25) is 14.6 Å². The molecular formula is C25H31N3O3. The highest BCUT2D eigenvalue weighted by Gasteiger charge is 2.44. The molecule has 2 aliphatic rings. The van der Waals surface area contributed by atoms with Crippen LogP contribution in [0, 0.1) is 5.92 Å². The minimum Gasteiger partial charge on any atom is -0.367 e. The van der Waals surface area contributed by atoms with E-state index in [-0.39, 0.29) is 12.5 Å². The van der Waals surface area contributed by atoms with Crippen LogP contribution >= 0.6 is 0 Å². The van der Waals surface area contributed by atoms with E-state index < -0.39 is 11.5 Å². The van der Waals surface area contributed by atoms with Crippen molar-refractivity contribution < 1.29 is 14.3 Å². The van der Waals surface area contributed by atoms with Crippen LogP contribution in [0.5, 0.6) is 0 Å². The number of pyridine rings is 1. The average Bonchev–Trinajstić information content (AvgIpc) is 2.80. The zero-order chi connectivity index (χ0) is 21.7. The number of carbonyl (C=O) groups is 2. The SMILES string of the molecule is NC(=O)[C@@]1(Cc2cccc(-c3cccnc3)c2)CN(C(=O)CC2CCCCC2)CCO1. The molecule has 6 nitrogen and oxygen atoms in total. The number of aromatic nitrogens is 1. The van der Waals surface area contributed by atoms with Gasteiger partial charge in [-0.25, -0.2) is 0 Å². The first-order chi connectivity index (χ1) is 15.1. The molecule has 0 spiro atoms. The van der Waals surface area contributed by atoms with Crippen LogP contribution in [0.1, 0.15) is 44.1 Å². The van der Waals surface area contributed by atoms with Crippen molar-refractivity contribution in [2.24, 2.45) is 11.7 Å². The summed E-state index contributed by atoms with van der Waals surface area (Å²) in [6, 6.07) is 11.9. The van der Waals surface area contributed by atoms with E-state index in [4.69, 9.17) is 10.5 Å². The smallest absolute Gasteiger partial charge is 0.251 e. The molecule has 2 fully saturated rings. The minimum absolute atomic E-state index is 0.116. The third kappa shape index (κ3) is 5.13. The molecule has 2 N–H and O–H groups in total. The molecule has 0 unspecified atom stereocenters.